The maximum atomic E-state index is 5.65. The fourth-order valence-corrected chi connectivity index (χ4v) is 1.35. The summed E-state index contributed by atoms with van der Waals surface area (Å²) >= 11 is 0. The molecule has 0 aliphatic carbocycles. The van der Waals surface area contributed by atoms with Gasteiger partial charge in [0.2, 0.25) is 0 Å². The molecule has 1 saturated heterocycles. The van der Waals surface area contributed by atoms with Crippen molar-refractivity contribution in [1.82, 2.24) is 0 Å². The molecule has 0 aromatic heterocycles. The summed E-state index contributed by atoms with van der Waals surface area (Å²) in [5.74, 6) is 0. The second-order valence-corrected chi connectivity index (χ2v) is 4.52. The molecule has 0 spiro atoms. The predicted molar refractivity (Wildman–Crippen MR) is 51.1 cm³/mol. The summed E-state index contributed by atoms with van der Waals surface area (Å²) in [4.78, 5) is 0. The zero-order valence-electron chi connectivity index (χ0n) is 8.93. The first kappa shape index (κ1) is 14.5. The molecule has 0 aromatic carbocycles. The van der Waals surface area contributed by atoms with Crippen LogP contribution in [0.3, 0.4) is 0 Å². The van der Waals surface area contributed by atoms with Gasteiger partial charge >= 0.3 is 21.1 Å². The Kier molecular flexibility index (Phi) is 5.78. The van der Waals surface area contributed by atoms with Crippen molar-refractivity contribution >= 4 is 0 Å². The van der Waals surface area contributed by atoms with E-state index in [-0.39, 0.29) is 45.0 Å². The molecule has 4 nitrogen and oxygen atoms in total. The van der Waals surface area contributed by atoms with Crippen molar-refractivity contribution in [1.29, 1.82) is 0 Å². The largest absolute Gasteiger partial charge is 2.00 e. The number of ether oxygens (including phenoxy) is 2. The Hall–Kier alpha value is 0.528. The van der Waals surface area contributed by atoms with Crippen LogP contribution in [0.4, 0.5) is 0 Å². The van der Waals surface area contributed by atoms with Gasteiger partial charge in [-0.1, -0.05) is 20.8 Å². The molecule has 0 bridgehead atoms. The van der Waals surface area contributed by atoms with E-state index in [1.54, 1.807) is 0 Å². The summed E-state index contributed by atoms with van der Waals surface area (Å²) < 4.78 is 11.3. The molecule has 4 N–H and O–H groups in total. The Morgan fingerprint density at radius 3 is 1.57 bits per heavy atom. The molecule has 1 aliphatic rings. The Morgan fingerprint density at radius 1 is 1.00 bits per heavy atom. The van der Waals surface area contributed by atoms with Crippen molar-refractivity contribution in [3.63, 3.8) is 0 Å². The van der Waals surface area contributed by atoms with Gasteiger partial charge in [0.05, 0.1) is 0 Å². The van der Waals surface area contributed by atoms with Crippen molar-refractivity contribution in [3.8, 4) is 0 Å². The monoisotopic (exact) mass is 383 g/mol. The Morgan fingerprint density at radius 2 is 1.36 bits per heavy atom. The van der Waals surface area contributed by atoms with Gasteiger partial charge in [0.25, 0.3) is 0 Å². The topological polar surface area (TPSA) is 70.5 Å². The van der Waals surface area contributed by atoms with Crippen molar-refractivity contribution < 1.29 is 30.5 Å². The van der Waals surface area contributed by atoms with Gasteiger partial charge in [-0.25, -0.2) is 0 Å². The Bertz CT molecular complexity index is 161. The van der Waals surface area contributed by atoms with Crippen molar-refractivity contribution in [2.75, 3.05) is 13.1 Å². The molecule has 1 rings (SSSR count). The summed E-state index contributed by atoms with van der Waals surface area (Å²) in [5.41, 5.74) is 11.1. The first-order valence-corrected chi connectivity index (χ1v) is 4.70. The summed E-state index contributed by atoms with van der Waals surface area (Å²) in [6.45, 7) is 7.15. The van der Waals surface area contributed by atoms with E-state index in [1.165, 1.54) is 0 Å². The van der Waals surface area contributed by atoms with Crippen molar-refractivity contribution in [2.45, 2.75) is 39.3 Å². The van der Waals surface area contributed by atoms with Gasteiger partial charge in [-0.15, -0.1) is 0 Å². The number of rotatable bonds is 2. The average molecular weight is 383 g/mol. The molecule has 14 heavy (non-hydrogen) atoms. The Balaban J connectivity index is 0.00000169. The van der Waals surface area contributed by atoms with Crippen LogP contribution in [0.2, 0.25) is 0 Å². The van der Waals surface area contributed by atoms with Crippen LogP contribution < -0.4 is 11.5 Å². The molecule has 1 fully saturated rings. The second kappa shape index (κ2) is 5.57. The van der Waals surface area contributed by atoms with Gasteiger partial charge < -0.3 is 20.9 Å². The predicted octanol–water partition coefficient (Wildman–Crippen LogP) is 0.0575. The fraction of sp³-hybridized carbons (Fsp3) is 1.00. The fourth-order valence-electron chi connectivity index (χ4n) is 1.35. The van der Waals surface area contributed by atoms with Crippen LogP contribution in [0.5, 0.6) is 0 Å². The third-order valence-electron chi connectivity index (χ3n) is 2.18. The maximum absolute atomic E-state index is 5.65. The second-order valence-electron chi connectivity index (χ2n) is 4.52. The molecule has 0 unspecified atom stereocenters. The van der Waals surface area contributed by atoms with E-state index in [0.717, 1.165) is 0 Å². The van der Waals surface area contributed by atoms with Crippen LogP contribution in [0.15, 0.2) is 0 Å². The number of hydrogen-bond acceptors (Lipinski definition) is 4. The zero-order chi connectivity index (χ0) is 10.1. The molecule has 2 atom stereocenters. The molecule has 1 heterocycles. The van der Waals surface area contributed by atoms with E-state index < -0.39 is 0 Å². The van der Waals surface area contributed by atoms with Crippen LogP contribution in [0.1, 0.15) is 20.8 Å². The van der Waals surface area contributed by atoms with Gasteiger partial charge in [-0.2, -0.15) is 0 Å². The molecule has 0 saturated carbocycles. The molecule has 0 aromatic rings. The average Bonchev–Trinajstić information content (AvgIpc) is 2.45. The van der Waals surface area contributed by atoms with E-state index in [1.807, 2.05) is 0 Å². The van der Waals surface area contributed by atoms with Crippen molar-refractivity contribution in [3.05, 3.63) is 0 Å². The molecule has 1 aliphatic heterocycles. The molecule has 0 radical (unpaired) electrons. The SMILES string of the molecule is CC(C)(C)C1O[C@H](CN)[C@@H](CN)O1.[Pt+2]. The Labute approximate surface area is 99.9 Å². The zero-order valence-corrected chi connectivity index (χ0v) is 11.2. The van der Waals surface area contributed by atoms with E-state index in [4.69, 9.17) is 20.9 Å². The molecule has 0 amide bonds. The van der Waals surface area contributed by atoms with Crippen molar-refractivity contribution in [2.24, 2.45) is 16.9 Å². The van der Waals surface area contributed by atoms with Gasteiger partial charge in [-0.3, -0.25) is 0 Å². The minimum absolute atomic E-state index is 0. The van der Waals surface area contributed by atoms with Crippen LogP contribution in [-0.2, 0) is 30.5 Å². The summed E-state index contributed by atoms with van der Waals surface area (Å²) in [6, 6.07) is 0. The molecular weight excluding hydrogens is 363 g/mol. The van der Waals surface area contributed by atoms with E-state index in [2.05, 4.69) is 20.8 Å². The summed E-state index contributed by atoms with van der Waals surface area (Å²) in [7, 11) is 0. The first-order valence-electron chi connectivity index (χ1n) is 4.70. The van der Waals surface area contributed by atoms with Crippen LogP contribution in [0.25, 0.3) is 0 Å². The molecule has 86 valence electrons. The summed E-state index contributed by atoms with van der Waals surface area (Å²) in [5, 5.41) is 0. The van der Waals surface area contributed by atoms with E-state index in [0.29, 0.717) is 13.1 Å². The van der Waals surface area contributed by atoms with Crippen LogP contribution in [-0.4, -0.2) is 31.6 Å². The molecular formula is C9H20N2O2Pt+2. The number of nitrogens with two attached hydrogens (primary N) is 2. The van der Waals surface area contributed by atoms with Gasteiger partial charge in [0.15, 0.2) is 6.29 Å². The normalized spacial score (nSPS) is 28.9. The van der Waals surface area contributed by atoms with E-state index >= 15 is 0 Å². The number of hydrogen-bond donors (Lipinski definition) is 2. The minimum Gasteiger partial charge on any atom is -0.345 e. The third-order valence-corrected chi connectivity index (χ3v) is 2.18. The maximum Gasteiger partial charge on any atom is 2.00 e. The van der Waals surface area contributed by atoms with Gasteiger partial charge in [-0.05, 0) is 0 Å². The summed E-state index contributed by atoms with van der Waals surface area (Å²) in [6.07, 6.45) is -0.280. The van der Waals surface area contributed by atoms with Crippen LogP contribution in [0, 0.1) is 5.41 Å². The molecule has 5 heteroatoms. The smallest absolute Gasteiger partial charge is 0.345 e. The minimum atomic E-state index is -0.186. The van der Waals surface area contributed by atoms with Crippen LogP contribution >= 0.6 is 0 Å². The first-order chi connectivity index (χ1) is 5.99. The standard InChI is InChI=1S/C9H20N2O2.Pt/c1-9(2,3)8-12-6(4-10)7(5-11)13-8;/h6-8H,4-5,10-11H2,1-3H3;/q;+2/t6-,7-;/m1./s1. The van der Waals surface area contributed by atoms with Gasteiger partial charge in [0.1, 0.15) is 12.2 Å². The van der Waals surface area contributed by atoms with Gasteiger partial charge in [0, 0.05) is 18.5 Å². The quantitative estimate of drug-likeness (QED) is 0.708. The third kappa shape index (κ3) is 3.28. The van der Waals surface area contributed by atoms with E-state index in [9.17, 15) is 0 Å².